The fourth-order valence-corrected chi connectivity index (χ4v) is 15.7. The largest absolute Gasteiger partial charge is 0.310 e. The van der Waals surface area contributed by atoms with Crippen LogP contribution in [-0.2, 0) is 0 Å². The molecule has 0 amide bonds. The summed E-state index contributed by atoms with van der Waals surface area (Å²) in [4.78, 5) is 4.92. The number of nitrogens with zero attached hydrogens (tertiary/aromatic N) is 2. The van der Waals surface area contributed by atoms with E-state index in [9.17, 15) is 0 Å². The monoisotopic (exact) mass is 1410 g/mol. The van der Waals surface area contributed by atoms with Crippen LogP contribution in [0.15, 0.2) is 352 Å². The first-order chi connectivity index (χ1) is 53.7. The standard InChI is InChI=1S/C108H86N2/c1-71-15-39-83(40-16-71)101(84-41-17-72(2)18-42-84)67-79-31-55-91(56-32-79)109(92-57-33-80(34-58-92)68-102(85-43-19-73(3)20-44-85)86-45-21-74(4)22-46-86)105-65-63-97-98-64-66-106(100-14-10-12-96(108(98)100)95-11-9-13-99(105)107(95)97)110(93-59-35-81(36-60-93)69-103(87-47-23-75(5)24-48-87)88-49-25-76(6)26-50-88)94-61-37-82(38-62-94)70-104(89-51-27-77(7)28-52-89)90-53-29-78(8)30-54-90/h9-70H,1-8H3. The van der Waals surface area contributed by atoms with Crippen LogP contribution in [0.2, 0.25) is 0 Å². The zero-order chi connectivity index (χ0) is 74.9. The quantitative estimate of drug-likeness (QED) is 0.0480. The van der Waals surface area contributed by atoms with Crippen LogP contribution in [-0.4, -0.2) is 0 Å². The van der Waals surface area contributed by atoms with E-state index in [1.165, 1.54) is 154 Å². The van der Waals surface area contributed by atoms with Gasteiger partial charge in [-0.1, -0.05) is 336 Å². The van der Waals surface area contributed by atoms with Gasteiger partial charge in [-0.3, -0.25) is 0 Å². The molecule has 2 nitrogen and oxygen atoms in total. The summed E-state index contributed by atoms with van der Waals surface area (Å²) in [6.07, 6.45) is 9.35. The number of rotatable bonds is 18. The third-order valence-electron chi connectivity index (χ3n) is 21.8. The summed E-state index contributed by atoms with van der Waals surface area (Å²) >= 11 is 0. The molecule has 2 heteroatoms. The van der Waals surface area contributed by atoms with Crippen molar-refractivity contribution in [1.82, 2.24) is 0 Å². The molecule has 0 bridgehead atoms. The third-order valence-corrected chi connectivity index (χ3v) is 21.8. The minimum Gasteiger partial charge on any atom is -0.310 e. The van der Waals surface area contributed by atoms with Crippen molar-refractivity contribution in [2.45, 2.75) is 55.4 Å². The van der Waals surface area contributed by atoms with E-state index < -0.39 is 0 Å². The number of aryl methyl sites for hydroxylation is 8. The SMILES string of the molecule is Cc1ccc(C(=Cc2ccc(N(c3ccc(C=C(c4ccc(C)cc4)c4ccc(C)cc4)cc3)c3ccc4c5ccc(N(c6ccc(C=C(c7ccc(C)cc7)c7ccc(C)cc7)cc6)c6ccc(C=C(c7ccc(C)cc7)c7ccc(C)cc7)cc6)c6cccc(c7cccc3c74)c65)cc2)c2ccc(C)cc2)cc1. The lowest BCUT2D eigenvalue weighted by Gasteiger charge is -2.29. The number of hydrogen-bond acceptors (Lipinski definition) is 2. The van der Waals surface area contributed by atoms with Gasteiger partial charge in [0.2, 0.25) is 0 Å². The lowest BCUT2D eigenvalue weighted by Crippen LogP contribution is -2.11. The van der Waals surface area contributed by atoms with Crippen molar-refractivity contribution in [2.75, 3.05) is 9.80 Å². The molecule has 17 aromatic carbocycles. The maximum atomic E-state index is 2.46. The van der Waals surface area contributed by atoms with Crippen LogP contribution in [0.1, 0.15) is 111 Å². The molecule has 0 spiro atoms. The Kier molecular flexibility index (Phi) is 19.1. The topological polar surface area (TPSA) is 6.48 Å². The van der Waals surface area contributed by atoms with E-state index in [4.69, 9.17) is 0 Å². The summed E-state index contributed by atoms with van der Waals surface area (Å²) in [6, 6.07) is 131. The lowest BCUT2D eigenvalue weighted by molar-refractivity contribution is 1.29. The second-order valence-corrected chi connectivity index (χ2v) is 29.9. The smallest absolute Gasteiger partial charge is 0.0540 e. The highest BCUT2D eigenvalue weighted by molar-refractivity contribution is 6.35. The van der Waals surface area contributed by atoms with Crippen molar-refractivity contribution in [2.24, 2.45) is 0 Å². The Labute approximate surface area is 647 Å². The van der Waals surface area contributed by atoms with E-state index >= 15 is 0 Å². The molecule has 0 aliphatic heterocycles. The van der Waals surface area contributed by atoms with Crippen LogP contribution >= 0.6 is 0 Å². The van der Waals surface area contributed by atoms with Crippen molar-refractivity contribution >= 4 is 124 Å². The highest BCUT2D eigenvalue weighted by Crippen LogP contribution is 2.50. The van der Waals surface area contributed by atoms with E-state index in [1.54, 1.807) is 0 Å². The number of anilines is 6. The second kappa shape index (κ2) is 30.1. The Balaban J connectivity index is 0.810. The van der Waals surface area contributed by atoms with Gasteiger partial charge < -0.3 is 9.80 Å². The van der Waals surface area contributed by atoms with Crippen molar-refractivity contribution in [1.29, 1.82) is 0 Å². The van der Waals surface area contributed by atoms with Gasteiger partial charge in [0, 0.05) is 33.5 Å². The number of benzene rings is 17. The second-order valence-electron chi connectivity index (χ2n) is 29.9. The van der Waals surface area contributed by atoms with Crippen molar-refractivity contribution < 1.29 is 0 Å². The highest BCUT2D eigenvalue weighted by Gasteiger charge is 2.24. The van der Waals surface area contributed by atoms with Gasteiger partial charge in [0.15, 0.2) is 0 Å². The minimum absolute atomic E-state index is 1.06. The summed E-state index contributed by atoms with van der Waals surface area (Å²) < 4.78 is 0. The molecule has 0 unspecified atom stereocenters. The first-order valence-electron chi connectivity index (χ1n) is 38.3. The summed E-state index contributed by atoms with van der Waals surface area (Å²) in [5.41, 5.74) is 35.0. The molecule has 0 radical (unpaired) electrons. The van der Waals surface area contributed by atoms with Crippen LogP contribution in [0.4, 0.5) is 34.1 Å². The summed E-state index contributed by atoms with van der Waals surface area (Å²) in [5, 5.41) is 9.67. The Morgan fingerprint density at radius 1 is 0.173 bits per heavy atom. The maximum absolute atomic E-state index is 2.46. The van der Waals surface area contributed by atoms with E-state index in [1.807, 2.05) is 0 Å². The summed E-state index contributed by atoms with van der Waals surface area (Å²) in [6.45, 7) is 17.2. The fraction of sp³-hybridized carbons (Fsp3) is 0.0741. The van der Waals surface area contributed by atoms with E-state index in [2.05, 4.69) is 441 Å². The Morgan fingerprint density at radius 2 is 0.345 bits per heavy atom. The molecule has 0 heterocycles. The van der Waals surface area contributed by atoms with Gasteiger partial charge in [0.1, 0.15) is 0 Å². The van der Waals surface area contributed by atoms with Crippen molar-refractivity contribution in [3.63, 3.8) is 0 Å². The molecule has 528 valence electrons. The van der Waals surface area contributed by atoms with Crippen molar-refractivity contribution in [3.05, 3.63) is 463 Å². The van der Waals surface area contributed by atoms with E-state index in [0.29, 0.717) is 0 Å². The molecule has 0 N–H and O–H groups in total. The molecule has 0 saturated carbocycles. The lowest BCUT2D eigenvalue weighted by atomic mass is 9.88. The van der Waals surface area contributed by atoms with Crippen LogP contribution in [0.5, 0.6) is 0 Å². The van der Waals surface area contributed by atoms with Crippen LogP contribution in [0.25, 0.3) is 89.7 Å². The van der Waals surface area contributed by atoms with E-state index in [-0.39, 0.29) is 0 Å². The van der Waals surface area contributed by atoms with Gasteiger partial charge in [0.25, 0.3) is 0 Å². The molecular weight excluding hydrogens is 1330 g/mol. The van der Waals surface area contributed by atoms with Crippen LogP contribution < -0.4 is 9.80 Å². The normalized spacial score (nSPS) is 11.3. The van der Waals surface area contributed by atoms with Gasteiger partial charge in [-0.25, -0.2) is 0 Å². The fourth-order valence-electron chi connectivity index (χ4n) is 15.7. The number of fused-ring (bicyclic) bond motifs is 2. The average Bonchev–Trinajstić information content (AvgIpc) is 0.707. The molecule has 0 saturated heterocycles. The zero-order valence-electron chi connectivity index (χ0n) is 63.7. The van der Waals surface area contributed by atoms with Gasteiger partial charge in [-0.2, -0.15) is 0 Å². The molecule has 0 atom stereocenters. The van der Waals surface area contributed by atoms with Crippen LogP contribution in [0.3, 0.4) is 0 Å². The van der Waals surface area contributed by atoms with Crippen LogP contribution in [0, 0.1) is 55.4 Å². The van der Waals surface area contributed by atoms with E-state index in [0.717, 1.165) is 56.4 Å². The third kappa shape index (κ3) is 14.3. The maximum Gasteiger partial charge on any atom is 0.0540 e. The van der Waals surface area contributed by atoms with Gasteiger partial charge in [0.05, 0.1) is 11.4 Å². The summed E-state index contributed by atoms with van der Waals surface area (Å²) in [7, 11) is 0. The Morgan fingerprint density at radius 3 is 0.536 bits per heavy atom. The molecule has 110 heavy (non-hydrogen) atoms. The first-order valence-corrected chi connectivity index (χ1v) is 38.3. The van der Waals surface area contributed by atoms with Gasteiger partial charge >= 0.3 is 0 Å². The molecule has 0 aliphatic rings. The Hall–Kier alpha value is -13.4. The van der Waals surface area contributed by atoms with Gasteiger partial charge in [-0.15, -0.1) is 0 Å². The highest BCUT2D eigenvalue weighted by atomic mass is 15.1. The molecule has 17 rings (SSSR count). The summed E-state index contributed by atoms with van der Waals surface area (Å²) in [5.74, 6) is 0. The minimum atomic E-state index is 1.06. The predicted molar refractivity (Wildman–Crippen MR) is 474 cm³/mol. The van der Waals surface area contributed by atoms with Gasteiger partial charge in [-0.05, 0) is 262 Å². The molecule has 0 aliphatic carbocycles. The number of hydrogen-bond donors (Lipinski definition) is 0. The Bertz CT molecular complexity index is 5420. The predicted octanol–water partition coefficient (Wildman–Crippen LogP) is 29.5. The van der Waals surface area contributed by atoms with Crippen molar-refractivity contribution in [3.8, 4) is 0 Å². The average molecular weight is 1410 g/mol. The molecule has 17 aromatic rings. The zero-order valence-corrected chi connectivity index (χ0v) is 63.7. The molecule has 0 fully saturated rings. The first kappa shape index (κ1) is 69.6. The molecule has 0 aromatic heterocycles. The molecular formula is C108H86N2.